The molecule has 0 unspecified atom stereocenters. The summed E-state index contributed by atoms with van der Waals surface area (Å²) in [5, 5.41) is 8.58. The lowest BCUT2D eigenvalue weighted by Crippen LogP contribution is -2.46. The van der Waals surface area contributed by atoms with Crippen molar-refractivity contribution in [3.63, 3.8) is 0 Å². The predicted molar refractivity (Wildman–Crippen MR) is 32.7 cm³/mol. The van der Waals surface area contributed by atoms with Crippen LogP contribution in [0.2, 0.25) is 0 Å². The smallest absolute Gasteiger partial charge is 0.415 e. The number of hydrogen-bond donors (Lipinski definition) is 4. The Morgan fingerprint density at radius 1 is 1.38 bits per heavy atom. The van der Waals surface area contributed by atoms with Crippen LogP contribution in [0.15, 0.2) is 0 Å². The number of carboxylic acids is 1. The molecule has 13 heavy (non-hydrogen) atoms. The maximum absolute atomic E-state index is 11.7. The topological polar surface area (TPSA) is 107 Å². The normalized spacial score (nSPS) is 15.5. The first-order valence-corrected chi connectivity index (χ1v) is 4.28. The van der Waals surface area contributed by atoms with Crippen LogP contribution < -0.4 is 5.09 Å². The summed E-state index contributed by atoms with van der Waals surface area (Å²) in [6.45, 7) is 0. The van der Waals surface area contributed by atoms with Crippen molar-refractivity contribution >= 4 is 13.7 Å². The van der Waals surface area contributed by atoms with Gasteiger partial charge < -0.3 is 14.9 Å². The molecule has 0 saturated carbocycles. The molecule has 4 N–H and O–H groups in total. The summed E-state index contributed by atoms with van der Waals surface area (Å²) < 4.78 is 45.2. The molecule has 0 heterocycles. The molecule has 1 atom stereocenters. The molecular weight excluding hydrogens is 218 g/mol. The Kier molecular flexibility index (Phi) is 3.45. The third kappa shape index (κ3) is 4.83. The molecule has 0 saturated heterocycles. The third-order valence-electron chi connectivity index (χ3n) is 0.872. The Bertz CT molecular complexity index is 246. The highest BCUT2D eigenvalue weighted by Gasteiger charge is 2.48. The van der Waals surface area contributed by atoms with E-state index in [0.717, 1.165) is 0 Å². The van der Waals surface area contributed by atoms with Crippen LogP contribution in [0, 0.1) is 0 Å². The molecule has 0 rings (SSSR count). The first-order chi connectivity index (χ1) is 5.54. The Balaban J connectivity index is 4.66. The lowest BCUT2D eigenvalue weighted by atomic mass is 10.3. The largest absolute Gasteiger partial charge is 0.480 e. The van der Waals surface area contributed by atoms with Gasteiger partial charge in [0.05, 0.1) is 0 Å². The van der Waals surface area contributed by atoms with E-state index in [9.17, 15) is 22.5 Å². The van der Waals surface area contributed by atoms with E-state index in [-0.39, 0.29) is 0 Å². The minimum absolute atomic E-state index is 0.638. The number of rotatable bonds is 3. The highest BCUT2D eigenvalue weighted by atomic mass is 31.2. The second-order valence-electron chi connectivity index (χ2n) is 1.99. The molecule has 0 radical (unpaired) electrons. The fraction of sp³-hybridized carbons (Fsp3) is 0.667. The Hall–Kier alpha value is -0.630. The molecule has 0 spiro atoms. The molecule has 0 fully saturated rings. The summed E-state index contributed by atoms with van der Waals surface area (Å²) >= 11 is 0. The van der Waals surface area contributed by atoms with Gasteiger partial charge in [-0.2, -0.15) is 13.2 Å². The molecule has 0 aliphatic rings. The SMILES string of the molecule is O=C(O)[C@@H](NP(=O)(O)O)C(F)(F)F. The van der Waals surface area contributed by atoms with Crippen molar-refractivity contribution in [3.05, 3.63) is 0 Å². The van der Waals surface area contributed by atoms with Gasteiger partial charge in [-0.25, -0.2) is 9.65 Å². The van der Waals surface area contributed by atoms with Crippen molar-refractivity contribution < 1.29 is 37.4 Å². The van der Waals surface area contributed by atoms with Crippen molar-refractivity contribution in [2.45, 2.75) is 12.2 Å². The second kappa shape index (κ2) is 3.62. The van der Waals surface area contributed by atoms with Crippen molar-refractivity contribution in [2.24, 2.45) is 0 Å². The fourth-order valence-corrected chi connectivity index (χ4v) is 1.03. The maximum atomic E-state index is 11.7. The highest BCUT2D eigenvalue weighted by molar-refractivity contribution is 7.49. The van der Waals surface area contributed by atoms with Gasteiger partial charge in [-0.15, -0.1) is 0 Å². The van der Waals surface area contributed by atoms with Crippen LogP contribution in [0.4, 0.5) is 13.2 Å². The Morgan fingerprint density at radius 2 is 1.77 bits per heavy atom. The standard InChI is InChI=1S/C3H5F3NO5P/c4-3(5,6)1(2(8)9)7-13(10,11)12/h1H,(H,8,9)(H3,7,10,11,12)/t1-/m1/s1. The van der Waals surface area contributed by atoms with Gasteiger partial charge in [0, 0.05) is 0 Å². The Morgan fingerprint density at radius 3 is 1.85 bits per heavy atom. The van der Waals surface area contributed by atoms with Crippen LogP contribution in [0.3, 0.4) is 0 Å². The van der Waals surface area contributed by atoms with E-state index in [2.05, 4.69) is 0 Å². The van der Waals surface area contributed by atoms with Crippen molar-refractivity contribution in [1.29, 1.82) is 0 Å². The molecular formula is C3H5F3NO5P. The number of nitrogens with one attached hydrogen (secondary N) is 1. The number of carboxylic acid groups (broad SMARTS) is 1. The highest BCUT2D eigenvalue weighted by Crippen LogP contribution is 2.33. The molecule has 10 heteroatoms. The molecule has 0 aromatic rings. The van der Waals surface area contributed by atoms with Crippen LogP contribution in [-0.4, -0.2) is 33.1 Å². The Labute approximate surface area is 69.6 Å². The summed E-state index contributed by atoms with van der Waals surface area (Å²) in [5.41, 5.74) is 0. The summed E-state index contributed by atoms with van der Waals surface area (Å²) in [6, 6.07) is -3.27. The van der Waals surface area contributed by atoms with Gasteiger partial charge in [0.25, 0.3) is 0 Å². The van der Waals surface area contributed by atoms with E-state index in [1.54, 1.807) is 0 Å². The molecule has 6 nitrogen and oxygen atoms in total. The zero-order valence-corrected chi connectivity index (χ0v) is 6.71. The van der Waals surface area contributed by atoms with E-state index in [1.807, 2.05) is 0 Å². The van der Waals surface area contributed by atoms with E-state index in [1.165, 1.54) is 0 Å². The number of hydrogen-bond acceptors (Lipinski definition) is 2. The molecule has 0 aromatic heterocycles. The number of aliphatic carboxylic acids is 1. The van der Waals surface area contributed by atoms with Crippen LogP contribution in [0.25, 0.3) is 0 Å². The van der Waals surface area contributed by atoms with E-state index >= 15 is 0 Å². The number of halogens is 3. The van der Waals surface area contributed by atoms with Gasteiger partial charge in [0.1, 0.15) is 0 Å². The van der Waals surface area contributed by atoms with Gasteiger partial charge in [-0.05, 0) is 0 Å². The quantitative estimate of drug-likeness (QED) is 0.488. The van der Waals surface area contributed by atoms with Crippen molar-refractivity contribution in [1.82, 2.24) is 5.09 Å². The zero-order chi connectivity index (χ0) is 10.9. The van der Waals surface area contributed by atoms with E-state index < -0.39 is 25.9 Å². The van der Waals surface area contributed by atoms with Gasteiger partial charge in [0.15, 0.2) is 0 Å². The van der Waals surface area contributed by atoms with Gasteiger partial charge in [0.2, 0.25) is 6.04 Å². The minimum Gasteiger partial charge on any atom is -0.480 e. The van der Waals surface area contributed by atoms with Crippen molar-refractivity contribution in [3.8, 4) is 0 Å². The average Bonchev–Trinajstić information content (AvgIpc) is 1.77. The number of alkyl halides is 3. The van der Waals surface area contributed by atoms with Crippen molar-refractivity contribution in [2.75, 3.05) is 0 Å². The molecule has 0 amide bonds. The molecule has 0 bridgehead atoms. The molecule has 0 aliphatic carbocycles. The molecule has 78 valence electrons. The van der Waals surface area contributed by atoms with E-state index in [4.69, 9.17) is 14.9 Å². The minimum atomic E-state index is -5.26. The lowest BCUT2D eigenvalue weighted by Gasteiger charge is -2.17. The summed E-state index contributed by atoms with van der Waals surface area (Å²) in [7, 11) is -5.22. The molecule has 0 aromatic carbocycles. The summed E-state index contributed by atoms with van der Waals surface area (Å²) in [4.78, 5) is 26.0. The molecule has 0 aliphatic heterocycles. The third-order valence-corrected chi connectivity index (χ3v) is 1.47. The zero-order valence-electron chi connectivity index (χ0n) is 5.82. The number of carbonyl (C=O) groups is 1. The second-order valence-corrected chi connectivity index (χ2v) is 3.33. The summed E-state index contributed by atoms with van der Waals surface area (Å²) in [6.07, 6.45) is -5.26. The predicted octanol–water partition coefficient (Wildman–Crippen LogP) is -0.316. The van der Waals surface area contributed by atoms with Crippen LogP contribution in [-0.2, 0) is 9.36 Å². The summed E-state index contributed by atoms with van der Waals surface area (Å²) in [5.74, 6) is -2.41. The fourth-order valence-electron chi connectivity index (χ4n) is 0.437. The lowest BCUT2D eigenvalue weighted by molar-refractivity contribution is -0.177. The average molecular weight is 223 g/mol. The van der Waals surface area contributed by atoms with Gasteiger partial charge >= 0.3 is 19.9 Å². The van der Waals surface area contributed by atoms with Gasteiger partial charge in [-0.3, -0.25) is 4.79 Å². The first-order valence-electron chi connectivity index (χ1n) is 2.67. The van der Waals surface area contributed by atoms with Gasteiger partial charge in [-0.1, -0.05) is 0 Å². The maximum Gasteiger partial charge on any atom is 0.415 e. The monoisotopic (exact) mass is 223 g/mol. The first kappa shape index (κ1) is 12.4. The van der Waals surface area contributed by atoms with E-state index in [0.29, 0.717) is 5.09 Å². The van der Waals surface area contributed by atoms with Crippen LogP contribution >= 0.6 is 7.75 Å². The van der Waals surface area contributed by atoms with Crippen LogP contribution in [0.1, 0.15) is 0 Å². The van der Waals surface area contributed by atoms with Crippen LogP contribution in [0.5, 0.6) is 0 Å².